The highest BCUT2D eigenvalue weighted by Gasteiger charge is 2.52. The van der Waals surface area contributed by atoms with Crippen molar-refractivity contribution in [3.63, 3.8) is 0 Å². The Kier molecular flexibility index (Phi) is 3.27. The van der Waals surface area contributed by atoms with E-state index in [9.17, 15) is 27.6 Å². The van der Waals surface area contributed by atoms with Crippen molar-refractivity contribution in [3.8, 4) is 0 Å². The topological polar surface area (TPSA) is 74.7 Å². The predicted molar refractivity (Wildman–Crippen MR) is 55.1 cm³/mol. The van der Waals surface area contributed by atoms with E-state index in [0.717, 1.165) is 0 Å². The zero-order valence-corrected chi connectivity index (χ0v) is 9.81. The minimum Gasteiger partial charge on any atom is -0.481 e. The summed E-state index contributed by atoms with van der Waals surface area (Å²) in [6.07, 6.45) is -5.57. The molecule has 0 radical (unpaired) electrons. The van der Waals surface area contributed by atoms with Crippen molar-refractivity contribution in [2.75, 3.05) is 0 Å². The number of hydrogen-bond donors (Lipinski definition) is 1. The van der Waals surface area contributed by atoms with Gasteiger partial charge in [0.2, 0.25) is 0 Å². The molecule has 2 aliphatic heterocycles. The molecule has 0 aromatic carbocycles. The number of piperidine rings is 2. The van der Waals surface area contributed by atoms with Gasteiger partial charge in [0.1, 0.15) is 5.78 Å². The summed E-state index contributed by atoms with van der Waals surface area (Å²) in [5.41, 5.74) is 0. The third-order valence-corrected chi connectivity index (χ3v) is 3.65. The summed E-state index contributed by atoms with van der Waals surface area (Å²) in [5, 5.41) is 8.93. The number of aliphatic carboxylic acids is 1. The summed E-state index contributed by atoms with van der Waals surface area (Å²) in [4.78, 5) is 34.4. The molecule has 2 saturated heterocycles. The average molecular weight is 279 g/mol. The zero-order chi connectivity index (χ0) is 14.4. The number of fused-ring (bicyclic) bond motifs is 2. The predicted octanol–water partition coefficient (Wildman–Crippen LogP) is 0.972. The second kappa shape index (κ2) is 4.50. The third-order valence-electron chi connectivity index (χ3n) is 3.65. The SMILES string of the molecule is O=C1C[C@@H]2CC(C(=O)O)C[C@H](C1)N2C(=O)C(F)(F)F. The summed E-state index contributed by atoms with van der Waals surface area (Å²) in [6, 6.07) is -1.90. The van der Waals surface area contributed by atoms with Crippen LogP contribution in [-0.2, 0) is 14.4 Å². The van der Waals surface area contributed by atoms with E-state index in [2.05, 4.69) is 0 Å². The molecular formula is C11H12F3NO4. The first kappa shape index (κ1) is 13.8. The number of carbonyl (C=O) groups is 3. The first-order valence-electron chi connectivity index (χ1n) is 5.84. The Bertz CT molecular complexity index is 416. The molecule has 5 nitrogen and oxygen atoms in total. The minimum absolute atomic E-state index is 0.0978. The van der Waals surface area contributed by atoms with Gasteiger partial charge in [-0.3, -0.25) is 14.4 Å². The maximum Gasteiger partial charge on any atom is 0.471 e. The van der Waals surface area contributed by atoms with Gasteiger partial charge in [-0.25, -0.2) is 0 Å². The van der Waals surface area contributed by atoms with E-state index in [1.54, 1.807) is 0 Å². The Morgan fingerprint density at radius 2 is 1.63 bits per heavy atom. The van der Waals surface area contributed by atoms with E-state index in [4.69, 9.17) is 5.11 Å². The quantitative estimate of drug-likeness (QED) is 0.776. The Morgan fingerprint density at radius 3 is 2.00 bits per heavy atom. The number of amides is 1. The van der Waals surface area contributed by atoms with Crippen LogP contribution in [0.4, 0.5) is 13.2 Å². The number of carboxylic acid groups (broad SMARTS) is 1. The van der Waals surface area contributed by atoms with Crippen LogP contribution in [-0.4, -0.2) is 45.9 Å². The molecule has 3 atom stereocenters. The Balaban J connectivity index is 2.25. The van der Waals surface area contributed by atoms with E-state index in [0.29, 0.717) is 4.90 Å². The lowest BCUT2D eigenvalue weighted by atomic mass is 9.78. The van der Waals surface area contributed by atoms with Crippen LogP contribution in [0.15, 0.2) is 0 Å². The summed E-state index contributed by atoms with van der Waals surface area (Å²) < 4.78 is 37.5. The molecule has 2 fully saturated rings. The number of Topliss-reactive ketones (excluding diaryl/α,β-unsaturated/α-hetero) is 1. The van der Waals surface area contributed by atoms with E-state index in [-0.39, 0.29) is 31.5 Å². The van der Waals surface area contributed by atoms with Gasteiger partial charge in [0.25, 0.3) is 0 Å². The van der Waals surface area contributed by atoms with Crippen LogP contribution in [0.25, 0.3) is 0 Å². The van der Waals surface area contributed by atoms with Crippen molar-refractivity contribution in [3.05, 3.63) is 0 Å². The third kappa shape index (κ3) is 2.57. The van der Waals surface area contributed by atoms with Crippen LogP contribution in [0.1, 0.15) is 25.7 Å². The standard InChI is InChI=1S/C11H12F3NO4/c12-11(13,14)10(19)15-6-1-5(9(17)18)2-7(15)4-8(16)3-6/h5-7H,1-4H2,(H,17,18)/t5?,6-,7+. The lowest BCUT2D eigenvalue weighted by Crippen LogP contribution is -2.60. The van der Waals surface area contributed by atoms with Crippen molar-refractivity contribution < 1.29 is 32.7 Å². The molecule has 0 aliphatic carbocycles. The van der Waals surface area contributed by atoms with Crippen LogP contribution in [0.2, 0.25) is 0 Å². The molecule has 19 heavy (non-hydrogen) atoms. The van der Waals surface area contributed by atoms with Gasteiger partial charge in [-0.15, -0.1) is 0 Å². The van der Waals surface area contributed by atoms with Crippen molar-refractivity contribution in [2.45, 2.75) is 43.9 Å². The number of ketones is 1. The molecule has 0 aromatic rings. The summed E-state index contributed by atoms with van der Waals surface area (Å²) in [7, 11) is 0. The van der Waals surface area contributed by atoms with Crippen molar-refractivity contribution >= 4 is 17.7 Å². The lowest BCUT2D eigenvalue weighted by Gasteiger charge is -2.47. The maximum absolute atomic E-state index is 12.5. The van der Waals surface area contributed by atoms with E-state index in [1.807, 2.05) is 0 Å². The van der Waals surface area contributed by atoms with Crippen molar-refractivity contribution in [2.24, 2.45) is 5.92 Å². The molecule has 1 N–H and O–H groups in total. The number of carbonyl (C=O) groups excluding carboxylic acids is 2. The minimum atomic E-state index is -4.99. The molecule has 0 spiro atoms. The first-order chi connectivity index (χ1) is 8.70. The number of nitrogens with zero attached hydrogens (tertiary/aromatic N) is 1. The Labute approximate surface area is 106 Å². The second-order valence-electron chi connectivity index (χ2n) is 4.97. The van der Waals surface area contributed by atoms with Gasteiger partial charge in [-0.05, 0) is 12.8 Å². The fourth-order valence-electron chi connectivity index (χ4n) is 2.93. The highest BCUT2D eigenvalue weighted by atomic mass is 19.4. The van der Waals surface area contributed by atoms with Gasteiger partial charge in [0, 0.05) is 24.9 Å². The molecule has 106 valence electrons. The number of halogens is 3. The van der Waals surface area contributed by atoms with E-state index < -0.39 is 36.1 Å². The lowest BCUT2D eigenvalue weighted by molar-refractivity contribution is -0.196. The van der Waals surface area contributed by atoms with Crippen LogP contribution in [0.3, 0.4) is 0 Å². The zero-order valence-electron chi connectivity index (χ0n) is 9.81. The summed E-state index contributed by atoms with van der Waals surface area (Å²) in [6.45, 7) is 0. The monoisotopic (exact) mass is 279 g/mol. The normalized spacial score (nSPS) is 31.2. The van der Waals surface area contributed by atoms with Gasteiger partial charge in [-0.2, -0.15) is 13.2 Å². The first-order valence-corrected chi connectivity index (χ1v) is 5.84. The Hall–Kier alpha value is -1.60. The van der Waals surface area contributed by atoms with Crippen molar-refractivity contribution in [1.29, 1.82) is 0 Å². The number of rotatable bonds is 1. The van der Waals surface area contributed by atoms with Gasteiger partial charge >= 0.3 is 18.1 Å². The summed E-state index contributed by atoms with van der Waals surface area (Å²) >= 11 is 0. The fraction of sp³-hybridized carbons (Fsp3) is 0.727. The van der Waals surface area contributed by atoms with Crippen LogP contribution >= 0.6 is 0 Å². The fourth-order valence-corrected chi connectivity index (χ4v) is 2.93. The van der Waals surface area contributed by atoms with Crippen LogP contribution < -0.4 is 0 Å². The average Bonchev–Trinajstić information content (AvgIpc) is 2.24. The Morgan fingerprint density at radius 1 is 1.16 bits per heavy atom. The summed E-state index contributed by atoms with van der Waals surface area (Å²) in [5.74, 6) is -4.08. The molecule has 1 amide bonds. The number of hydrogen-bond acceptors (Lipinski definition) is 3. The van der Waals surface area contributed by atoms with Crippen LogP contribution in [0, 0.1) is 5.92 Å². The maximum atomic E-state index is 12.5. The molecule has 8 heteroatoms. The highest BCUT2D eigenvalue weighted by molar-refractivity contribution is 5.88. The molecule has 2 aliphatic rings. The van der Waals surface area contributed by atoms with Crippen molar-refractivity contribution in [1.82, 2.24) is 4.90 Å². The molecule has 1 unspecified atom stereocenters. The molecular weight excluding hydrogens is 267 g/mol. The highest BCUT2D eigenvalue weighted by Crippen LogP contribution is 2.38. The van der Waals surface area contributed by atoms with E-state index >= 15 is 0 Å². The molecule has 2 rings (SSSR count). The molecule has 2 heterocycles. The smallest absolute Gasteiger partial charge is 0.471 e. The molecule has 0 aromatic heterocycles. The van der Waals surface area contributed by atoms with Gasteiger partial charge in [0.15, 0.2) is 0 Å². The van der Waals surface area contributed by atoms with E-state index in [1.165, 1.54) is 0 Å². The molecule has 2 bridgehead atoms. The largest absolute Gasteiger partial charge is 0.481 e. The second-order valence-corrected chi connectivity index (χ2v) is 4.97. The number of alkyl halides is 3. The van der Waals surface area contributed by atoms with Gasteiger partial charge < -0.3 is 10.0 Å². The van der Waals surface area contributed by atoms with Gasteiger partial charge in [0.05, 0.1) is 5.92 Å². The van der Waals surface area contributed by atoms with Crippen LogP contribution in [0.5, 0.6) is 0 Å². The molecule has 0 saturated carbocycles. The van der Waals surface area contributed by atoms with Gasteiger partial charge in [-0.1, -0.05) is 0 Å². The number of carboxylic acids is 1.